The number of carbonyl (C=O) groups excluding carboxylic acids is 1. The van der Waals surface area contributed by atoms with E-state index in [9.17, 15) is 14.9 Å². The maximum atomic E-state index is 12.4. The van der Waals surface area contributed by atoms with Gasteiger partial charge in [-0.25, -0.2) is 4.79 Å². The Morgan fingerprint density at radius 3 is 2.76 bits per heavy atom. The fourth-order valence-electron chi connectivity index (χ4n) is 3.31. The van der Waals surface area contributed by atoms with Gasteiger partial charge in [-0.2, -0.15) is 0 Å². The van der Waals surface area contributed by atoms with Crippen LogP contribution in [0.5, 0.6) is 5.75 Å². The maximum Gasteiger partial charge on any atom is 0.341 e. The molecule has 10 heteroatoms. The van der Waals surface area contributed by atoms with Crippen LogP contribution in [-0.2, 0) is 17.6 Å². The topological polar surface area (TPSA) is 103 Å². The van der Waals surface area contributed by atoms with Gasteiger partial charge < -0.3 is 20.1 Å². The number of carbonyl (C=O) groups is 1. The normalized spacial score (nSPS) is 15.2. The molecule has 0 unspecified atom stereocenters. The summed E-state index contributed by atoms with van der Waals surface area (Å²) in [4.78, 5) is 24.4. The van der Waals surface area contributed by atoms with Crippen LogP contribution in [0.25, 0.3) is 0 Å². The third kappa shape index (κ3) is 4.48. The van der Waals surface area contributed by atoms with Crippen LogP contribution in [0.15, 0.2) is 18.2 Å². The smallest absolute Gasteiger partial charge is 0.341 e. The number of hydrogen-bond acceptors (Lipinski definition) is 7. The molecule has 0 aliphatic heterocycles. The number of esters is 1. The van der Waals surface area contributed by atoms with Crippen LogP contribution in [0.3, 0.4) is 0 Å². The monoisotopic (exact) mass is 435 g/mol. The lowest BCUT2D eigenvalue weighted by atomic mass is 9.88. The van der Waals surface area contributed by atoms with Gasteiger partial charge in [-0.1, -0.05) is 6.92 Å². The molecule has 29 heavy (non-hydrogen) atoms. The van der Waals surface area contributed by atoms with Gasteiger partial charge in [0.2, 0.25) is 0 Å². The Morgan fingerprint density at radius 1 is 1.34 bits per heavy atom. The van der Waals surface area contributed by atoms with Gasteiger partial charge in [-0.3, -0.25) is 10.1 Å². The SMILES string of the molecule is COC(=O)c1c(NC(=S)Nc2ccc(OC)cc2[N+](=O)[O-])sc2c1CC[C@@H](C)C2. The molecule has 0 bridgehead atoms. The van der Waals surface area contributed by atoms with Crippen molar-refractivity contribution in [2.24, 2.45) is 5.92 Å². The number of anilines is 2. The molecule has 0 amide bonds. The number of nitrogens with zero attached hydrogens (tertiary/aromatic N) is 1. The summed E-state index contributed by atoms with van der Waals surface area (Å²) in [6.45, 7) is 2.18. The number of ether oxygens (including phenoxy) is 2. The first-order chi connectivity index (χ1) is 13.8. The number of thiophene rings is 1. The molecule has 2 N–H and O–H groups in total. The second kappa shape index (κ2) is 8.75. The number of fused-ring (bicyclic) bond motifs is 1. The summed E-state index contributed by atoms with van der Waals surface area (Å²) in [5.41, 5.74) is 1.55. The van der Waals surface area contributed by atoms with Crippen LogP contribution in [0.4, 0.5) is 16.4 Å². The van der Waals surface area contributed by atoms with Gasteiger partial charge in [0.25, 0.3) is 5.69 Å². The van der Waals surface area contributed by atoms with Gasteiger partial charge >= 0.3 is 5.97 Å². The number of methoxy groups -OCH3 is 2. The first-order valence-electron chi connectivity index (χ1n) is 8.97. The average Bonchev–Trinajstić information content (AvgIpc) is 3.03. The predicted molar refractivity (Wildman–Crippen MR) is 116 cm³/mol. The Kier molecular flexibility index (Phi) is 6.33. The minimum atomic E-state index is -0.515. The minimum absolute atomic E-state index is 0.148. The Hall–Kier alpha value is -2.72. The first kappa shape index (κ1) is 21.0. The maximum absolute atomic E-state index is 12.4. The Bertz CT molecular complexity index is 973. The molecule has 0 saturated heterocycles. The van der Waals surface area contributed by atoms with Crippen molar-refractivity contribution >= 4 is 51.0 Å². The van der Waals surface area contributed by atoms with Crippen molar-refractivity contribution in [2.75, 3.05) is 24.9 Å². The lowest BCUT2D eigenvalue weighted by Gasteiger charge is -2.18. The van der Waals surface area contributed by atoms with E-state index >= 15 is 0 Å². The highest BCUT2D eigenvalue weighted by Crippen LogP contribution is 2.40. The Labute approximate surface area is 177 Å². The number of rotatable bonds is 5. The summed E-state index contributed by atoms with van der Waals surface area (Å²) in [5, 5.41) is 18.0. The molecular formula is C19H21N3O5S2. The van der Waals surface area contributed by atoms with Gasteiger partial charge in [0.05, 0.1) is 30.8 Å². The van der Waals surface area contributed by atoms with Crippen molar-refractivity contribution in [1.29, 1.82) is 0 Å². The molecule has 8 nitrogen and oxygen atoms in total. The van der Waals surface area contributed by atoms with E-state index in [1.807, 2.05) is 0 Å². The van der Waals surface area contributed by atoms with Gasteiger partial charge in [0.15, 0.2) is 5.11 Å². The Balaban J connectivity index is 1.86. The molecule has 0 saturated carbocycles. The molecule has 154 valence electrons. The molecule has 1 aromatic carbocycles. The third-order valence-corrected chi connectivity index (χ3v) is 6.15. The van der Waals surface area contributed by atoms with Crippen LogP contribution in [-0.4, -0.2) is 30.2 Å². The number of thiocarbonyl (C=S) groups is 1. The number of nitrogens with one attached hydrogen (secondary N) is 2. The van der Waals surface area contributed by atoms with E-state index in [-0.39, 0.29) is 16.5 Å². The molecular weight excluding hydrogens is 414 g/mol. The zero-order valence-electron chi connectivity index (χ0n) is 16.2. The molecule has 1 aliphatic rings. The van der Waals surface area contributed by atoms with E-state index in [0.717, 1.165) is 29.7 Å². The fourth-order valence-corrected chi connectivity index (χ4v) is 4.99. The van der Waals surface area contributed by atoms with Crippen molar-refractivity contribution in [3.63, 3.8) is 0 Å². The lowest BCUT2D eigenvalue weighted by molar-refractivity contribution is -0.384. The van der Waals surface area contributed by atoms with Gasteiger partial charge in [-0.15, -0.1) is 11.3 Å². The summed E-state index contributed by atoms with van der Waals surface area (Å²) in [6.07, 6.45) is 2.72. The van der Waals surface area contributed by atoms with Crippen molar-refractivity contribution in [3.05, 3.63) is 44.3 Å². The highest BCUT2D eigenvalue weighted by atomic mass is 32.1. The van der Waals surface area contributed by atoms with Gasteiger partial charge in [0.1, 0.15) is 16.4 Å². The second-order valence-electron chi connectivity index (χ2n) is 6.77. The summed E-state index contributed by atoms with van der Waals surface area (Å²) in [5.74, 6) is 0.499. The molecule has 0 spiro atoms. The summed E-state index contributed by atoms with van der Waals surface area (Å²) >= 11 is 6.82. The molecule has 2 aromatic rings. The second-order valence-corrected chi connectivity index (χ2v) is 8.28. The lowest BCUT2D eigenvalue weighted by Crippen LogP contribution is -2.21. The van der Waals surface area contributed by atoms with Gasteiger partial charge in [0, 0.05) is 4.88 Å². The van der Waals surface area contributed by atoms with Crippen LogP contribution < -0.4 is 15.4 Å². The van der Waals surface area contributed by atoms with Gasteiger partial charge in [-0.05, 0) is 55.1 Å². The Morgan fingerprint density at radius 2 is 2.10 bits per heavy atom. The van der Waals surface area contributed by atoms with E-state index in [4.69, 9.17) is 21.7 Å². The van der Waals surface area contributed by atoms with E-state index in [1.165, 1.54) is 37.7 Å². The zero-order valence-corrected chi connectivity index (χ0v) is 17.9. The minimum Gasteiger partial charge on any atom is -0.496 e. The first-order valence-corrected chi connectivity index (χ1v) is 10.2. The summed E-state index contributed by atoms with van der Waals surface area (Å²) < 4.78 is 10.0. The summed E-state index contributed by atoms with van der Waals surface area (Å²) in [7, 11) is 2.78. The van der Waals surface area contributed by atoms with E-state index < -0.39 is 10.9 Å². The third-order valence-electron chi connectivity index (χ3n) is 4.78. The van der Waals surface area contributed by atoms with Crippen molar-refractivity contribution in [3.8, 4) is 5.75 Å². The number of nitro groups is 1. The fraction of sp³-hybridized carbons (Fsp3) is 0.368. The standard InChI is InChI=1S/C19H21N3O5S2/c1-10-4-6-12-15(8-10)29-17(16(12)18(23)27-3)21-19(28)20-13-7-5-11(26-2)9-14(13)22(24)25/h5,7,9-10H,4,6,8H2,1-3H3,(H2,20,21,28)/t10-/m1/s1. The quantitative estimate of drug-likeness (QED) is 0.309. The average molecular weight is 436 g/mol. The van der Waals surface area contributed by atoms with Crippen LogP contribution >= 0.6 is 23.6 Å². The number of nitro benzene ring substituents is 1. The van der Waals surface area contributed by atoms with Crippen molar-refractivity contribution < 1.29 is 19.2 Å². The van der Waals surface area contributed by atoms with E-state index in [0.29, 0.717) is 22.2 Å². The van der Waals surface area contributed by atoms with Crippen LogP contribution in [0, 0.1) is 16.0 Å². The molecule has 3 rings (SSSR count). The highest BCUT2D eigenvalue weighted by molar-refractivity contribution is 7.80. The zero-order chi connectivity index (χ0) is 21.1. The van der Waals surface area contributed by atoms with Crippen LogP contribution in [0.2, 0.25) is 0 Å². The molecule has 1 aliphatic carbocycles. The molecule has 1 heterocycles. The molecule has 1 atom stereocenters. The highest BCUT2D eigenvalue weighted by Gasteiger charge is 2.28. The van der Waals surface area contributed by atoms with E-state index in [2.05, 4.69) is 17.6 Å². The largest absolute Gasteiger partial charge is 0.496 e. The molecule has 0 radical (unpaired) electrons. The van der Waals surface area contributed by atoms with E-state index in [1.54, 1.807) is 6.07 Å². The molecule has 1 aromatic heterocycles. The van der Waals surface area contributed by atoms with Crippen molar-refractivity contribution in [2.45, 2.75) is 26.2 Å². The number of hydrogen-bond donors (Lipinski definition) is 2. The van der Waals surface area contributed by atoms with Crippen molar-refractivity contribution in [1.82, 2.24) is 0 Å². The summed E-state index contributed by atoms with van der Waals surface area (Å²) in [6, 6.07) is 4.44. The molecule has 0 fully saturated rings. The predicted octanol–water partition coefficient (Wildman–Crippen LogP) is 4.39. The van der Waals surface area contributed by atoms with Crippen LogP contribution in [0.1, 0.15) is 34.1 Å². The number of benzene rings is 1.